The molecule has 2 bridgehead atoms. The highest BCUT2D eigenvalue weighted by Gasteiger charge is 2.52. The van der Waals surface area contributed by atoms with Crippen LogP contribution in [0.3, 0.4) is 0 Å². The first kappa shape index (κ1) is 16.2. The number of rotatable bonds is 2. The second-order valence-corrected chi connectivity index (χ2v) is 9.40. The summed E-state index contributed by atoms with van der Waals surface area (Å²) >= 11 is 3.51. The van der Waals surface area contributed by atoms with E-state index in [0.29, 0.717) is 24.2 Å². The molecule has 2 atom stereocenters. The number of anilines is 1. The predicted octanol–water partition coefficient (Wildman–Crippen LogP) is 2.86. The molecule has 5 nitrogen and oxygen atoms in total. The van der Waals surface area contributed by atoms with Gasteiger partial charge in [-0.05, 0) is 61.5 Å². The van der Waals surface area contributed by atoms with Crippen LogP contribution in [0.25, 0.3) is 0 Å². The number of pyridine rings is 1. The molecule has 5 aliphatic rings. The highest BCUT2D eigenvalue weighted by atomic mass is 79.9. The first-order chi connectivity index (χ1) is 11.9. The fourth-order valence-corrected chi connectivity index (χ4v) is 5.36. The van der Waals surface area contributed by atoms with Crippen molar-refractivity contribution in [3.63, 3.8) is 0 Å². The minimum absolute atomic E-state index is 0.194. The average Bonchev–Trinajstić information content (AvgIpc) is 2.75. The molecule has 0 N–H and O–H groups in total. The largest absolute Gasteiger partial charge is 0.375 e. The average molecular weight is 406 g/mol. The van der Waals surface area contributed by atoms with Crippen LogP contribution in [-0.4, -0.2) is 53.2 Å². The second-order valence-electron chi connectivity index (χ2n) is 8.48. The summed E-state index contributed by atoms with van der Waals surface area (Å²) in [5.41, 5.74) is 1.38. The lowest BCUT2D eigenvalue weighted by Crippen LogP contribution is -2.64. The van der Waals surface area contributed by atoms with Crippen LogP contribution in [0, 0.1) is 0 Å². The van der Waals surface area contributed by atoms with E-state index in [-0.39, 0.29) is 5.91 Å². The van der Waals surface area contributed by atoms with E-state index in [1.807, 2.05) is 18.7 Å². The Kier molecular flexibility index (Phi) is 3.57. The van der Waals surface area contributed by atoms with Gasteiger partial charge in [-0.15, -0.1) is 0 Å². The molecule has 1 aliphatic carbocycles. The minimum atomic E-state index is -0.529. The van der Waals surface area contributed by atoms with Crippen molar-refractivity contribution >= 4 is 27.5 Å². The highest BCUT2D eigenvalue weighted by molar-refractivity contribution is 9.10. The van der Waals surface area contributed by atoms with Crippen LogP contribution >= 0.6 is 15.9 Å². The Morgan fingerprint density at radius 3 is 2.68 bits per heavy atom. The molecule has 6 heteroatoms. The Morgan fingerprint density at radius 2 is 2.04 bits per heavy atom. The third kappa shape index (κ3) is 2.33. The molecule has 2 unspecified atom stereocenters. The number of aromatic nitrogens is 1. The van der Waals surface area contributed by atoms with Gasteiger partial charge in [0.2, 0.25) is 5.91 Å². The van der Waals surface area contributed by atoms with E-state index >= 15 is 0 Å². The molecule has 1 aromatic heterocycles. The normalized spacial score (nSPS) is 36.4. The maximum absolute atomic E-state index is 13.1. The van der Waals surface area contributed by atoms with Gasteiger partial charge >= 0.3 is 0 Å². The molecular weight excluding hydrogens is 382 g/mol. The highest BCUT2D eigenvalue weighted by Crippen LogP contribution is 2.46. The van der Waals surface area contributed by atoms with Crippen LogP contribution in [0.2, 0.25) is 0 Å². The number of fused-ring (bicyclic) bond motifs is 4. The smallest absolute Gasteiger partial charge is 0.239 e. The quantitative estimate of drug-likeness (QED) is 0.758. The third-order valence-electron chi connectivity index (χ3n) is 6.59. The van der Waals surface area contributed by atoms with E-state index in [1.165, 1.54) is 12.8 Å². The van der Waals surface area contributed by atoms with Crippen molar-refractivity contribution in [2.24, 2.45) is 0 Å². The number of carbonyl (C=O) groups is 1. The lowest BCUT2D eigenvalue weighted by Gasteiger charge is -2.54. The zero-order chi connectivity index (χ0) is 17.3. The first-order valence-corrected chi connectivity index (χ1v) is 10.1. The maximum atomic E-state index is 13.1. The van der Waals surface area contributed by atoms with Crippen molar-refractivity contribution < 1.29 is 9.53 Å². The van der Waals surface area contributed by atoms with Crippen molar-refractivity contribution in [3.05, 3.63) is 22.4 Å². The molecule has 0 aromatic carbocycles. The fraction of sp³-hybridized carbons (Fsp3) is 0.684. The standard InChI is InChI=1S/C19H24BrN3O2/c1-19(2)17-16(5-11(20)8-21-17)23(18(19)24)14-6-13(7-14)22-9-15-4-3-12(22)10-25-15/h5,8,12-15H,3-4,6-7,9-10H2,1-2H3. The zero-order valence-corrected chi connectivity index (χ0v) is 16.3. The van der Waals surface area contributed by atoms with Gasteiger partial charge in [-0.25, -0.2) is 0 Å². The SMILES string of the molecule is CC1(C)C(=O)N(C2CC(N3CC4CCC3CO4)C2)c2cc(Br)cnc21. The Bertz CT molecular complexity index is 723. The minimum Gasteiger partial charge on any atom is -0.375 e. The summed E-state index contributed by atoms with van der Waals surface area (Å²) in [5, 5.41) is 0. The Balaban J connectivity index is 1.36. The van der Waals surface area contributed by atoms with Gasteiger partial charge < -0.3 is 9.64 Å². The molecule has 0 radical (unpaired) electrons. The van der Waals surface area contributed by atoms with Crippen molar-refractivity contribution in [1.29, 1.82) is 0 Å². The number of ether oxygens (including phenoxy) is 1. The van der Waals surface area contributed by atoms with Crippen molar-refractivity contribution in [2.75, 3.05) is 18.1 Å². The second kappa shape index (κ2) is 5.51. The van der Waals surface area contributed by atoms with Gasteiger partial charge in [0, 0.05) is 35.3 Å². The van der Waals surface area contributed by atoms with Crippen molar-refractivity contribution in [3.8, 4) is 0 Å². The number of morpholine rings is 1. The summed E-state index contributed by atoms with van der Waals surface area (Å²) in [4.78, 5) is 22.3. The van der Waals surface area contributed by atoms with E-state index in [1.54, 1.807) is 6.20 Å². The van der Waals surface area contributed by atoms with Gasteiger partial charge in [-0.1, -0.05) is 0 Å². The summed E-state index contributed by atoms with van der Waals surface area (Å²) in [5.74, 6) is 0.194. The fourth-order valence-electron chi connectivity index (χ4n) is 5.04. The number of piperidine rings is 1. The number of hydrogen-bond acceptors (Lipinski definition) is 4. The first-order valence-electron chi connectivity index (χ1n) is 9.32. The molecule has 6 rings (SSSR count). The number of hydrogen-bond donors (Lipinski definition) is 0. The molecule has 5 heterocycles. The number of carbonyl (C=O) groups excluding carboxylic acids is 1. The number of halogens is 1. The van der Waals surface area contributed by atoms with Gasteiger partial charge in [0.15, 0.2) is 0 Å². The monoisotopic (exact) mass is 405 g/mol. The Hall–Kier alpha value is -0.980. The summed E-state index contributed by atoms with van der Waals surface area (Å²) in [6, 6.07) is 3.54. The van der Waals surface area contributed by atoms with E-state index in [4.69, 9.17) is 4.74 Å². The molecular formula is C19H24BrN3O2. The molecule has 4 aliphatic heterocycles. The molecule has 1 amide bonds. The van der Waals surface area contributed by atoms with Crippen LogP contribution in [0.5, 0.6) is 0 Å². The number of nitrogens with zero attached hydrogens (tertiary/aromatic N) is 3. The molecule has 1 saturated carbocycles. The summed E-state index contributed by atoms with van der Waals surface area (Å²) in [7, 11) is 0. The predicted molar refractivity (Wildman–Crippen MR) is 98.7 cm³/mol. The van der Waals surface area contributed by atoms with Gasteiger partial charge in [0.05, 0.1) is 29.5 Å². The topological polar surface area (TPSA) is 45.7 Å². The van der Waals surface area contributed by atoms with Crippen LogP contribution in [-0.2, 0) is 14.9 Å². The van der Waals surface area contributed by atoms with Crippen molar-refractivity contribution in [2.45, 2.75) is 69.2 Å². The van der Waals surface area contributed by atoms with E-state index in [9.17, 15) is 4.79 Å². The van der Waals surface area contributed by atoms with E-state index in [0.717, 1.165) is 41.8 Å². The van der Waals surface area contributed by atoms with Crippen LogP contribution < -0.4 is 4.90 Å². The van der Waals surface area contributed by atoms with Crippen LogP contribution in [0.15, 0.2) is 16.7 Å². The van der Waals surface area contributed by atoms with Gasteiger partial charge in [0.1, 0.15) is 0 Å². The zero-order valence-electron chi connectivity index (χ0n) is 14.7. The summed E-state index contributed by atoms with van der Waals surface area (Å²) in [6.07, 6.45) is 6.83. The summed E-state index contributed by atoms with van der Waals surface area (Å²) < 4.78 is 6.77. The van der Waals surface area contributed by atoms with Crippen molar-refractivity contribution in [1.82, 2.24) is 9.88 Å². The van der Waals surface area contributed by atoms with E-state index in [2.05, 4.69) is 31.9 Å². The lowest BCUT2D eigenvalue weighted by molar-refractivity contribution is -0.134. The van der Waals surface area contributed by atoms with Gasteiger partial charge in [-0.2, -0.15) is 0 Å². The van der Waals surface area contributed by atoms with Gasteiger partial charge in [-0.3, -0.25) is 14.7 Å². The number of amides is 1. The Morgan fingerprint density at radius 1 is 1.24 bits per heavy atom. The van der Waals surface area contributed by atoms with Gasteiger partial charge in [0.25, 0.3) is 0 Å². The van der Waals surface area contributed by atoms with E-state index < -0.39 is 5.41 Å². The molecule has 25 heavy (non-hydrogen) atoms. The lowest BCUT2D eigenvalue weighted by atomic mass is 9.81. The van der Waals surface area contributed by atoms with Crippen LogP contribution in [0.1, 0.15) is 45.2 Å². The Labute approximate surface area is 156 Å². The molecule has 3 saturated heterocycles. The maximum Gasteiger partial charge on any atom is 0.239 e. The third-order valence-corrected chi connectivity index (χ3v) is 7.03. The molecule has 134 valence electrons. The molecule has 1 aromatic rings. The molecule has 0 spiro atoms. The van der Waals surface area contributed by atoms with Crippen LogP contribution in [0.4, 0.5) is 5.69 Å². The molecule has 4 fully saturated rings. The summed E-state index contributed by atoms with van der Waals surface area (Å²) in [6.45, 7) is 5.95.